The molecule has 0 radical (unpaired) electrons. The zero-order chi connectivity index (χ0) is 18.9. The molecule has 2 nitrogen and oxygen atoms in total. The van der Waals surface area contributed by atoms with Gasteiger partial charge in [-0.2, -0.15) is 0 Å². The van der Waals surface area contributed by atoms with E-state index in [4.69, 9.17) is 0 Å². The van der Waals surface area contributed by atoms with Gasteiger partial charge in [-0.25, -0.2) is 4.39 Å². The standard InChI is InChI=1S/C24H24FNO/c1-24(15-18-10-11-18,14-17-6-3-2-4-7-17)22(27)13-19-12-20-8-5-9-21(25)23(20)26-16-19/h2-9,12,16,18H,10-11,13-15H2,1H3. The summed E-state index contributed by atoms with van der Waals surface area (Å²) in [7, 11) is 0. The summed E-state index contributed by atoms with van der Waals surface area (Å²) in [5, 5.41) is 0.743. The lowest BCUT2D eigenvalue weighted by Crippen LogP contribution is -2.32. The van der Waals surface area contributed by atoms with Crippen LogP contribution in [0.1, 0.15) is 37.3 Å². The third-order valence-electron chi connectivity index (χ3n) is 5.63. The predicted molar refractivity (Wildman–Crippen MR) is 106 cm³/mol. The van der Waals surface area contributed by atoms with Crippen molar-refractivity contribution in [1.82, 2.24) is 4.98 Å². The Bertz CT molecular complexity index is 965. The number of rotatable bonds is 7. The first-order valence-electron chi connectivity index (χ1n) is 9.64. The molecular formula is C24H24FNO. The van der Waals surface area contributed by atoms with E-state index >= 15 is 0 Å². The van der Waals surface area contributed by atoms with Crippen molar-refractivity contribution in [3.63, 3.8) is 0 Å². The van der Waals surface area contributed by atoms with Gasteiger partial charge in [0.2, 0.25) is 0 Å². The van der Waals surface area contributed by atoms with Crippen molar-refractivity contribution >= 4 is 16.7 Å². The molecule has 0 saturated heterocycles. The number of carbonyl (C=O) groups excluding carboxylic acids is 1. The number of ketones is 1. The summed E-state index contributed by atoms with van der Waals surface area (Å²) in [6.45, 7) is 2.11. The van der Waals surface area contributed by atoms with Crippen LogP contribution in [0.5, 0.6) is 0 Å². The van der Waals surface area contributed by atoms with Crippen molar-refractivity contribution < 1.29 is 9.18 Å². The van der Waals surface area contributed by atoms with Crippen LogP contribution in [0.25, 0.3) is 10.9 Å². The summed E-state index contributed by atoms with van der Waals surface area (Å²) in [6, 6.07) is 17.1. The Morgan fingerprint density at radius 1 is 1.11 bits per heavy atom. The second-order valence-electron chi connectivity index (χ2n) is 8.13. The fraction of sp³-hybridized carbons (Fsp3) is 0.333. The van der Waals surface area contributed by atoms with Crippen LogP contribution in [0.3, 0.4) is 0 Å². The summed E-state index contributed by atoms with van der Waals surface area (Å²) in [4.78, 5) is 17.5. The SMILES string of the molecule is CC(Cc1ccccc1)(CC1CC1)C(=O)Cc1cnc2c(F)cccc2c1. The van der Waals surface area contributed by atoms with Gasteiger partial charge in [0.05, 0.1) is 0 Å². The lowest BCUT2D eigenvalue weighted by molar-refractivity contribution is -0.127. The van der Waals surface area contributed by atoms with E-state index in [9.17, 15) is 9.18 Å². The number of nitrogens with zero attached hydrogens (tertiary/aromatic N) is 1. The fourth-order valence-electron chi connectivity index (χ4n) is 3.95. The van der Waals surface area contributed by atoms with Crippen LogP contribution in [-0.2, 0) is 17.6 Å². The minimum atomic E-state index is -0.376. The highest BCUT2D eigenvalue weighted by molar-refractivity contribution is 5.88. The maximum absolute atomic E-state index is 13.8. The summed E-state index contributed by atoms with van der Waals surface area (Å²) < 4.78 is 13.8. The molecule has 1 aromatic heterocycles. The van der Waals surface area contributed by atoms with Gasteiger partial charge in [-0.15, -0.1) is 0 Å². The molecule has 3 aromatic rings. The van der Waals surface area contributed by atoms with E-state index in [-0.39, 0.29) is 17.0 Å². The van der Waals surface area contributed by atoms with Crippen molar-refractivity contribution in [2.45, 2.75) is 39.0 Å². The fourth-order valence-corrected chi connectivity index (χ4v) is 3.95. The van der Waals surface area contributed by atoms with Crippen molar-refractivity contribution in [1.29, 1.82) is 0 Å². The second-order valence-corrected chi connectivity index (χ2v) is 8.13. The Balaban J connectivity index is 1.57. The van der Waals surface area contributed by atoms with Gasteiger partial charge in [-0.05, 0) is 42.0 Å². The molecule has 1 unspecified atom stereocenters. The number of hydrogen-bond donors (Lipinski definition) is 0. The van der Waals surface area contributed by atoms with E-state index < -0.39 is 0 Å². The number of aromatic nitrogens is 1. The molecule has 1 aliphatic carbocycles. The molecule has 0 N–H and O–H groups in total. The Labute approximate surface area is 159 Å². The number of halogens is 1. The molecule has 4 rings (SSSR count). The van der Waals surface area contributed by atoms with Crippen LogP contribution < -0.4 is 0 Å². The van der Waals surface area contributed by atoms with Crippen molar-refractivity contribution in [3.8, 4) is 0 Å². The van der Waals surface area contributed by atoms with Gasteiger partial charge in [-0.1, -0.05) is 62.2 Å². The molecule has 1 atom stereocenters. The molecular weight excluding hydrogens is 337 g/mol. The normalized spacial score (nSPS) is 16.2. The maximum Gasteiger partial charge on any atom is 0.149 e. The highest BCUT2D eigenvalue weighted by Crippen LogP contribution is 2.43. The van der Waals surface area contributed by atoms with Crippen LogP contribution in [0.4, 0.5) is 4.39 Å². The van der Waals surface area contributed by atoms with Gasteiger partial charge in [0.1, 0.15) is 17.1 Å². The molecule has 1 saturated carbocycles. The lowest BCUT2D eigenvalue weighted by Gasteiger charge is -2.28. The van der Waals surface area contributed by atoms with Crippen molar-refractivity contribution in [2.24, 2.45) is 11.3 Å². The Kier molecular flexibility index (Phi) is 4.77. The minimum absolute atomic E-state index is 0.246. The zero-order valence-corrected chi connectivity index (χ0v) is 15.6. The minimum Gasteiger partial charge on any atom is -0.299 e. The van der Waals surface area contributed by atoms with Crippen LogP contribution in [-0.4, -0.2) is 10.8 Å². The zero-order valence-electron chi connectivity index (χ0n) is 15.6. The third kappa shape index (κ3) is 4.08. The van der Waals surface area contributed by atoms with Gasteiger partial charge >= 0.3 is 0 Å². The topological polar surface area (TPSA) is 30.0 Å². The molecule has 1 aliphatic rings. The van der Waals surface area contributed by atoms with E-state index in [0.29, 0.717) is 17.9 Å². The molecule has 3 heteroatoms. The quantitative estimate of drug-likeness (QED) is 0.553. The van der Waals surface area contributed by atoms with Crippen LogP contribution >= 0.6 is 0 Å². The Morgan fingerprint density at radius 3 is 2.63 bits per heavy atom. The van der Waals surface area contributed by atoms with Gasteiger partial charge < -0.3 is 0 Å². The molecule has 2 aromatic carbocycles. The Hall–Kier alpha value is -2.55. The molecule has 1 fully saturated rings. The molecule has 1 heterocycles. The van der Waals surface area contributed by atoms with Crippen LogP contribution in [0.2, 0.25) is 0 Å². The van der Waals surface area contributed by atoms with Crippen LogP contribution in [0.15, 0.2) is 60.8 Å². The first-order valence-corrected chi connectivity index (χ1v) is 9.64. The van der Waals surface area contributed by atoms with Gasteiger partial charge in [0.15, 0.2) is 0 Å². The number of pyridine rings is 1. The molecule has 0 spiro atoms. The molecule has 27 heavy (non-hydrogen) atoms. The summed E-state index contributed by atoms with van der Waals surface area (Å²) in [5.41, 5.74) is 2.04. The smallest absolute Gasteiger partial charge is 0.149 e. The number of fused-ring (bicyclic) bond motifs is 1. The monoisotopic (exact) mass is 361 g/mol. The number of para-hydroxylation sites is 1. The number of benzene rings is 2. The van der Waals surface area contributed by atoms with Gasteiger partial charge in [0.25, 0.3) is 0 Å². The van der Waals surface area contributed by atoms with Gasteiger partial charge in [-0.3, -0.25) is 9.78 Å². The summed E-state index contributed by atoms with van der Waals surface area (Å²) in [6.07, 6.45) is 6.15. The van der Waals surface area contributed by atoms with E-state index in [1.807, 2.05) is 30.3 Å². The highest BCUT2D eigenvalue weighted by atomic mass is 19.1. The summed E-state index contributed by atoms with van der Waals surface area (Å²) >= 11 is 0. The molecule has 0 amide bonds. The first-order chi connectivity index (χ1) is 13.0. The second kappa shape index (κ2) is 7.22. The van der Waals surface area contributed by atoms with E-state index in [1.165, 1.54) is 24.5 Å². The van der Waals surface area contributed by atoms with Crippen LogP contribution in [0, 0.1) is 17.2 Å². The van der Waals surface area contributed by atoms with Crippen molar-refractivity contribution in [2.75, 3.05) is 0 Å². The first kappa shape index (κ1) is 17.8. The average Bonchev–Trinajstić information content (AvgIpc) is 3.46. The van der Waals surface area contributed by atoms with Gasteiger partial charge in [0, 0.05) is 23.4 Å². The Morgan fingerprint density at radius 2 is 1.89 bits per heavy atom. The molecule has 0 aliphatic heterocycles. The van der Waals surface area contributed by atoms with E-state index in [1.54, 1.807) is 12.3 Å². The van der Waals surface area contributed by atoms with E-state index in [0.717, 1.165) is 23.8 Å². The molecule has 138 valence electrons. The third-order valence-corrected chi connectivity index (χ3v) is 5.63. The predicted octanol–water partition coefficient (Wildman–Crippen LogP) is 5.53. The number of carbonyl (C=O) groups is 1. The lowest BCUT2D eigenvalue weighted by atomic mass is 9.74. The number of hydrogen-bond acceptors (Lipinski definition) is 2. The summed E-state index contributed by atoms with van der Waals surface area (Å²) in [5.74, 6) is 0.593. The molecule has 0 bridgehead atoms. The maximum atomic E-state index is 13.8. The van der Waals surface area contributed by atoms with E-state index in [2.05, 4.69) is 24.0 Å². The van der Waals surface area contributed by atoms with Crippen molar-refractivity contribution in [3.05, 3.63) is 77.7 Å². The number of Topliss-reactive ketones (excluding diaryl/α,β-unsaturated/α-hetero) is 1. The largest absolute Gasteiger partial charge is 0.299 e. The average molecular weight is 361 g/mol. The highest BCUT2D eigenvalue weighted by Gasteiger charge is 2.38.